The molecule has 2 aromatic rings. The van der Waals surface area contributed by atoms with Gasteiger partial charge < -0.3 is 10.6 Å². The molecule has 3 rings (SSSR count). The van der Waals surface area contributed by atoms with Crippen LogP contribution in [-0.2, 0) is 7.05 Å². The van der Waals surface area contributed by atoms with E-state index in [0.717, 1.165) is 4.68 Å². The average Bonchev–Trinajstić information content (AvgIpc) is 2.72. The van der Waals surface area contributed by atoms with Crippen molar-refractivity contribution in [1.29, 1.82) is 0 Å². The smallest absolute Gasteiger partial charge is 0.274 e. The van der Waals surface area contributed by atoms with E-state index in [2.05, 4.69) is 15.7 Å². The summed E-state index contributed by atoms with van der Waals surface area (Å²) < 4.78 is 29.3. The summed E-state index contributed by atoms with van der Waals surface area (Å²) in [5.41, 5.74) is -0.369. The van der Waals surface area contributed by atoms with Gasteiger partial charge in [-0.2, -0.15) is 5.10 Å². The van der Waals surface area contributed by atoms with Gasteiger partial charge in [-0.05, 0) is 19.0 Å². The topological polar surface area (TPSA) is 76.0 Å². The van der Waals surface area contributed by atoms with E-state index in [4.69, 9.17) is 0 Å². The van der Waals surface area contributed by atoms with E-state index in [-0.39, 0.29) is 30.6 Å². The maximum absolute atomic E-state index is 14.1. The molecule has 0 saturated carbocycles. The molecule has 0 bridgehead atoms. The number of nitrogens with zero attached hydrogens (tertiary/aromatic N) is 2. The van der Waals surface area contributed by atoms with Gasteiger partial charge in [-0.15, -0.1) is 0 Å². The lowest BCUT2D eigenvalue weighted by atomic mass is 10.0. The van der Waals surface area contributed by atoms with Crippen molar-refractivity contribution in [1.82, 2.24) is 20.4 Å². The Hall–Kier alpha value is -2.35. The number of nitrogens with one attached hydrogen (secondary N) is 2. The van der Waals surface area contributed by atoms with E-state index in [0.29, 0.717) is 17.3 Å². The molecule has 0 radical (unpaired) electrons. The third-order valence-electron chi connectivity index (χ3n) is 4.23. The molecule has 8 heteroatoms. The molecular weight excluding hydrogens is 318 g/mol. The molecular formula is C16H18F2N4O2. The summed E-state index contributed by atoms with van der Waals surface area (Å²) in [5, 5.41) is 9.95. The predicted octanol–water partition coefficient (Wildman–Crippen LogP) is 1.05. The number of rotatable bonds is 2. The van der Waals surface area contributed by atoms with Gasteiger partial charge in [-0.3, -0.25) is 9.59 Å². The summed E-state index contributed by atoms with van der Waals surface area (Å²) in [4.78, 5) is 24.6. The average molecular weight is 336 g/mol. The quantitative estimate of drug-likeness (QED) is 0.860. The first-order valence-corrected chi connectivity index (χ1v) is 7.75. The SMILES string of the molecule is Cn1nc(C(=O)NC2CCNCCC2(F)F)c2ccccc2c1=O. The third kappa shape index (κ3) is 3.01. The fourth-order valence-corrected chi connectivity index (χ4v) is 2.88. The summed E-state index contributed by atoms with van der Waals surface area (Å²) in [6.45, 7) is 0.613. The second-order valence-corrected chi connectivity index (χ2v) is 5.90. The van der Waals surface area contributed by atoms with E-state index in [1.165, 1.54) is 7.05 Å². The highest BCUT2D eigenvalue weighted by Crippen LogP contribution is 2.27. The van der Waals surface area contributed by atoms with E-state index >= 15 is 0 Å². The van der Waals surface area contributed by atoms with Crippen LogP contribution in [0.25, 0.3) is 10.8 Å². The molecule has 1 amide bonds. The van der Waals surface area contributed by atoms with Crippen LogP contribution >= 0.6 is 0 Å². The van der Waals surface area contributed by atoms with E-state index in [1.54, 1.807) is 24.3 Å². The van der Waals surface area contributed by atoms with Crippen LogP contribution in [0.5, 0.6) is 0 Å². The molecule has 128 valence electrons. The molecule has 6 nitrogen and oxygen atoms in total. The standard InChI is InChI=1S/C16H18F2N4O2/c1-22-15(24)11-5-3-2-4-10(11)13(21-22)14(23)20-12-6-8-19-9-7-16(12,17)18/h2-5,12,19H,6-9H2,1H3,(H,20,23). The minimum Gasteiger partial charge on any atom is -0.342 e. The van der Waals surface area contributed by atoms with Crippen molar-refractivity contribution < 1.29 is 13.6 Å². The van der Waals surface area contributed by atoms with Gasteiger partial charge >= 0.3 is 0 Å². The number of hydrogen-bond donors (Lipinski definition) is 2. The van der Waals surface area contributed by atoms with Gasteiger partial charge in [0.1, 0.15) is 0 Å². The Bertz CT molecular complexity index is 834. The van der Waals surface area contributed by atoms with Crippen LogP contribution in [0.4, 0.5) is 8.78 Å². The van der Waals surface area contributed by atoms with Crippen molar-refractivity contribution >= 4 is 16.7 Å². The first-order chi connectivity index (χ1) is 11.4. The lowest BCUT2D eigenvalue weighted by Crippen LogP contribution is -2.48. The van der Waals surface area contributed by atoms with Gasteiger partial charge in [-0.25, -0.2) is 13.5 Å². The van der Waals surface area contributed by atoms with Crippen LogP contribution in [0.15, 0.2) is 29.1 Å². The number of alkyl halides is 2. The number of halogens is 2. The van der Waals surface area contributed by atoms with Gasteiger partial charge in [0.05, 0.1) is 11.4 Å². The zero-order valence-electron chi connectivity index (χ0n) is 13.2. The number of amides is 1. The van der Waals surface area contributed by atoms with Gasteiger partial charge in [-0.1, -0.05) is 18.2 Å². The van der Waals surface area contributed by atoms with Crippen molar-refractivity contribution in [2.45, 2.75) is 24.8 Å². The second-order valence-electron chi connectivity index (χ2n) is 5.90. The summed E-state index contributed by atoms with van der Waals surface area (Å²) in [5.74, 6) is -3.69. The third-order valence-corrected chi connectivity index (χ3v) is 4.23. The van der Waals surface area contributed by atoms with Gasteiger partial charge in [0, 0.05) is 25.4 Å². The zero-order valence-corrected chi connectivity index (χ0v) is 13.2. The highest BCUT2D eigenvalue weighted by Gasteiger charge is 2.41. The first-order valence-electron chi connectivity index (χ1n) is 7.75. The van der Waals surface area contributed by atoms with Crippen molar-refractivity contribution in [2.75, 3.05) is 13.1 Å². The molecule has 1 aliphatic heterocycles. The minimum atomic E-state index is -2.99. The minimum absolute atomic E-state index is 0.0271. The summed E-state index contributed by atoms with van der Waals surface area (Å²) in [6.07, 6.45) is -0.207. The van der Waals surface area contributed by atoms with Crippen LogP contribution in [0, 0.1) is 0 Å². The summed E-state index contributed by atoms with van der Waals surface area (Å²) >= 11 is 0. The Morgan fingerprint density at radius 2 is 2.04 bits per heavy atom. The molecule has 0 aliphatic carbocycles. The van der Waals surface area contributed by atoms with Crippen molar-refractivity contribution in [3.8, 4) is 0 Å². The molecule has 24 heavy (non-hydrogen) atoms. The Morgan fingerprint density at radius 1 is 1.33 bits per heavy atom. The first kappa shape index (κ1) is 16.5. The number of fused-ring (bicyclic) bond motifs is 1. The largest absolute Gasteiger partial charge is 0.342 e. The van der Waals surface area contributed by atoms with Crippen LogP contribution in [-0.4, -0.2) is 40.7 Å². The predicted molar refractivity (Wildman–Crippen MR) is 85.3 cm³/mol. The second kappa shape index (κ2) is 6.27. The highest BCUT2D eigenvalue weighted by atomic mass is 19.3. The van der Waals surface area contributed by atoms with Crippen molar-refractivity contribution in [3.05, 3.63) is 40.3 Å². The Morgan fingerprint density at radius 3 is 2.79 bits per heavy atom. The monoisotopic (exact) mass is 336 g/mol. The lowest BCUT2D eigenvalue weighted by molar-refractivity contribution is -0.0376. The highest BCUT2D eigenvalue weighted by molar-refractivity contribution is 6.04. The molecule has 0 spiro atoms. The summed E-state index contributed by atoms with van der Waals surface area (Å²) in [6, 6.07) is 5.25. The fraction of sp³-hybridized carbons (Fsp3) is 0.438. The van der Waals surface area contributed by atoms with Crippen LogP contribution in [0.2, 0.25) is 0 Å². The van der Waals surface area contributed by atoms with Crippen molar-refractivity contribution in [2.24, 2.45) is 7.05 Å². The number of aryl methyl sites for hydroxylation is 1. The lowest BCUT2D eigenvalue weighted by Gasteiger charge is -2.25. The van der Waals surface area contributed by atoms with Crippen LogP contribution in [0.3, 0.4) is 0 Å². The van der Waals surface area contributed by atoms with Crippen LogP contribution in [0.1, 0.15) is 23.3 Å². The number of hydrogen-bond acceptors (Lipinski definition) is 4. The number of aromatic nitrogens is 2. The molecule has 1 aromatic carbocycles. The maximum atomic E-state index is 14.1. The van der Waals surface area contributed by atoms with Gasteiger partial charge in [0.15, 0.2) is 5.69 Å². The Balaban J connectivity index is 1.97. The van der Waals surface area contributed by atoms with Crippen LogP contribution < -0.4 is 16.2 Å². The number of carbonyl (C=O) groups is 1. The Kier molecular flexibility index (Phi) is 4.31. The van der Waals surface area contributed by atoms with Gasteiger partial charge in [0.25, 0.3) is 17.4 Å². The molecule has 1 atom stereocenters. The van der Waals surface area contributed by atoms with E-state index in [9.17, 15) is 18.4 Å². The van der Waals surface area contributed by atoms with E-state index in [1.807, 2.05) is 0 Å². The molecule has 1 aliphatic rings. The molecule has 2 N–H and O–H groups in total. The molecule has 2 heterocycles. The normalized spacial score (nSPS) is 20.5. The van der Waals surface area contributed by atoms with E-state index < -0.39 is 17.9 Å². The number of carbonyl (C=O) groups excluding carboxylic acids is 1. The maximum Gasteiger partial charge on any atom is 0.274 e. The molecule has 1 unspecified atom stereocenters. The fourth-order valence-electron chi connectivity index (χ4n) is 2.88. The van der Waals surface area contributed by atoms with Crippen molar-refractivity contribution in [3.63, 3.8) is 0 Å². The Labute approximate surface area is 136 Å². The van der Waals surface area contributed by atoms with Gasteiger partial charge in [0.2, 0.25) is 0 Å². The summed E-state index contributed by atoms with van der Waals surface area (Å²) in [7, 11) is 1.43. The molecule has 1 fully saturated rings. The zero-order chi connectivity index (χ0) is 17.3. The molecule has 1 saturated heterocycles. The number of benzene rings is 1. The molecule has 1 aromatic heterocycles.